The summed E-state index contributed by atoms with van der Waals surface area (Å²) >= 11 is 5.93. The third-order valence-corrected chi connectivity index (χ3v) is 4.29. The maximum absolute atomic E-state index is 13.7. The lowest BCUT2D eigenvalue weighted by Crippen LogP contribution is -2.20. The number of benzene rings is 2. The summed E-state index contributed by atoms with van der Waals surface area (Å²) in [5.41, 5.74) is -0.598. The van der Waals surface area contributed by atoms with Crippen LogP contribution in [-0.2, 0) is 6.18 Å². The van der Waals surface area contributed by atoms with E-state index >= 15 is 0 Å². The molecule has 0 saturated heterocycles. The second-order valence-electron chi connectivity index (χ2n) is 5.90. The number of aromatic nitrogens is 2. The van der Waals surface area contributed by atoms with Gasteiger partial charge < -0.3 is 9.84 Å². The second kappa shape index (κ2) is 7.81. The van der Waals surface area contributed by atoms with E-state index in [0.29, 0.717) is 15.5 Å². The molecule has 1 atom stereocenters. The highest BCUT2D eigenvalue weighted by Gasteiger charge is 2.40. The molecule has 0 saturated carbocycles. The second-order valence-corrected chi connectivity index (χ2v) is 6.57. The molecular weight excluding hydrogens is 414 g/mol. The van der Waals surface area contributed by atoms with Gasteiger partial charge in [-0.25, -0.2) is 4.68 Å². The van der Waals surface area contributed by atoms with Gasteiger partial charge in [-0.15, -0.1) is 0 Å². The van der Waals surface area contributed by atoms with Crippen LogP contribution in [0.1, 0.15) is 21.6 Å². The highest BCUT2D eigenvalue weighted by molar-refractivity contribution is 7.10. The van der Waals surface area contributed by atoms with E-state index in [0.717, 1.165) is 11.8 Å². The first-order chi connectivity index (χ1) is 13.2. The standard InChI is InChI=1S/C18H14ClF3N3O2P/c1-10-6-11(19)8-12(7-10)24-17(26)15-9-23-25(16(15)18(20,21)22)13-2-4-14(27-28)5-3-13/h2-9H,28H2,1H3,(H,24,26). The fourth-order valence-corrected chi connectivity index (χ4v) is 3.10. The van der Waals surface area contributed by atoms with Crippen LogP contribution in [0.2, 0.25) is 5.02 Å². The number of rotatable bonds is 4. The molecule has 0 bridgehead atoms. The van der Waals surface area contributed by atoms with Crippen LogP contribution in [0.4, 0.5) is 18.9 Å². The number of nitrogens with zero attached hydrogens (tertiary/aromatic N) is 2. The molecule has 0 radical (unpaired) electrons. The Hall–Kier alpha value is -2.57. The van der Waals surface area contributed by atoms with Crippen molar-refractivity contribution in [1.29, 1.82) is 0 Å². The van der Waals surface area contributed by atoms with Gasteiger partial charge in [0.05, 0.1) is 26.9 Å². The number of anilines is 1. The van der Waals surface area contributed by atoms with Gasteiger partial charge in [-0.2, -0.15) is 18.3 Å². The molecule has 0 spiro atoms. The summed E-state index contributed by atoms with van der Waals surface area (Å²) in [4.78, 5) is 12.5. The van der Waals surface area contributed by atoms with E-state index in [2.05, 4.69) is 10.4 Å². The summed E-state index contributed by atoms with van der Waals surface area (Å²) in [6, 6.07) is 10.5. The van der Waals surface area contributed by atoms with Crippen molar-refractivity contribution in [1.82, 2.24) is 9.78 Å². The Kier molecular flexibility index (Phi) is 5.63. The number of hydrogen-bond donors (Lipinski definition) is 1. The van der Waals surface area contributed by atoms with Crippen molar-refractivity contribution in [2.24, 2.45) is 0 Å². The summed E-state index contributed by atoms with van der Waals surface area (Å²) in [6.07, 6.45) is -3.92. The van der Waals surface area contributed by atoms with Crippen molar-refractivity contribution >= 4 is 32.7 Å². The molecule has 28 heavy (non-hydrogen) atoms. The minimum atomic E-state index is -4.80. The summed E-state index contributed by atoms with van der Waals surface area (Å²) in [7, 11) is 2.04. The van der Waals surface area contributed by atoms with Gasteiger partial charge in [-0.1, -0.05) is 11.6 Å². The number of carbonyl (C=O) groups excluding carboxylic acids is 1. The molecule has 3 aromatic rings. The van der Waals surface area contributed by atoms with Crippen LogP contribution in [0.3, 0.4) is 0 Å². The number of amides is 1. The predicted octanol–water partition coefficient (Wildman–Crippen LogP) is 5.27. The van der Waals surface area contributed by atoms with Crippen LogP contribution in [0.5, 0.6) is 5.75 Å². The SMILES string of the molecule is Cc1cc(Cl)cc(NC(=O)c2cnn(-c3ccc(OP)cc3)c2C(F)(F)F)c1. The number of carbonyl (C=O) groups is 1. The van der Waals surface area contributed by atoms with Crippen molar-refractivity contribution in [3.05, 3.63) is 70.5 Å². The van der Waals surface area contributed by atoms with Crippen LogP contribution in [0, 0.1) is 6.92 Å². The minimum absolute atomic E-state index is 0.135. The maximum atomic E-state index is 13.7. The number of aryl methyl sites for hydroxylation is 1. The molecule has 3 rings (SSSR count). The Morgan fingerprint density at radius 2 is 1.89 bits per heavy atom. The third kappa shape index (κ3) is 4.29. The van der Waals surface area contributed by atoms with Crippen molar-refractivity contribution < 1.29 is 22.5 Å². The largest absolute Gasteiger partial charge is 0.480 e. The zero-order valence-electron chi connectivity index (χ0n) is 14.4. The Balaban J connectivity index is 2.01. The number of alkyl halides is 3. The molecular formula is C18H14ClF3N3O2P. The first-order valence-corrected chi connectivity index (χ1v) is 8.75. The van der Waals surface area contributed by atoms with E-state index in [1.165, 1.54) is 30.3 Å². The van der Waals surface area contributed by atoms with Crippen LogP contribution in [0.15, 0.2) is 48.7 Å². The molecule has 1 N–H and O–H groups in total. The van der Waals surface area contributed by atoms with E-state index < -0.39 is 23.3 Å². The third-order valence-electron chi connectivity index (χ3n) is 3.80. The van der Waals surface area contributed by atoms with E-state index in [1.54, 1.807) is 19.1 Å². The average molecular weight is 428 g/mol. The molecule has 5 nitrogen and oxygen atoms in total. The fraction of sp³-hybridized carbons (Fsp3) is 0.111. The topological polar surface area (TPSA) is 56.2 Å². The van der Waals surface area contributed by atoms with E-state index in [9.17, 15) is 18.0 Å². The lowest BCUT2D eigenvalue weighted by Gasteiger charge is -2.13. The molecule has 0 aliphatic rings. The fourth-order valence-electron chi connectivity index (χ4n) is 2.66. The minimum Gasteiger partial charge on any atom is -0.480 e. The Morgan fingerprint density at radius 3 is 2.46 bits per heavy atom. The van der Waals surface area contributed by atoms with Crippen molar-refractivity contribution in [3.63, 3.8) is 0 Å². The van der Waals surface area contributed by atoms with Gasteiger partial charge in [0, 0.05) is 10.7 Å². The Labute approximate surface area is 165 Å². The quantitative estimate of drug-likeness (QED) is 0.577. The average Bonchev–Trinajstić information content (AvgIpc) is 3.06. The van der Waals surface area contributed by atoms with E-state index in [-0.39, 0.29) is 11.4 Å². The molecule has 0 aliphatic carbocycles. The van der Waals surface area contributed by atoms with Gasteiger partial charge in [0.15, 0.2) is 5.69 Å². The van der Waals surface area contributed by atoms with Crippen molar-refractivity contribution in [2.75, 3.05) is 5.32 Å². The summed E-state index contributed by atoms with van der Waals surface area (Å²) in [6.45, 7) is 1.75. The Morgan fingerprint density at radius 1 is 1.21 bits per heavy atom. The van der Waals surface area contributed by atoms with Crippen LogP contribution in [-0.4, -0.2) is 15.7 Å². The molecule has 1 amide bonds. The molecule has 2 aromatic carbocycles. The van der Waals surface area contributed by atoms with Gasteiger partial charge >= 0.3 is 6.18 Å². The molecule has 10 heteroatoms. The smallest absolute Gasteiger partial charge is 0.434 e. The van der Waals surface area contributed by atoms with E-state index in [4.69, 9.17) is 16.1 Å². The first-order valence-electron chi connectivity index (χ1n) is 7.90. The van der Waals surface area contributed by atoms with Crippen molar-refractivity contribution in [2.45, 2.75) is 13.1 Å². The monoisotopic (exact) mass is 427 g/mol. The maximum Gasteiger partial charge on any atom is 0.434 e. The van der Waals surface area contributed by atoms with E-state index in [1.807, 2.05) is 9.47 Å². The number of nitrogens with one attached hydrogen (secondary N) is 1. The zero-order chi connectivity index (χ0) is 20.5. The van der Waals surface area contributed by atoms with Crippen LogP contribution < -0.4 is 9.84 Å². The molecule has 146 valence electrons. The van der Waals surface area contributed by atoms with Crippen LogP contribution in [0.25, 0.3) is 5.69 Å². The lowest BCUT2D eigenvalue weighted by atomic mass is 10.2. The zero-order valence-corrected chi connectivity index (χ0v) is 16.3. The summed E-state index contributed by atoms with van der Waals surface area (Å²) in [5.74, 6) is -0.492. The highest BCUT2D eigenvalue weighted by atomic mass is 35.5. The van der Waals surface area contributed by atoms with Gasteiger partial charge in [0.25, 0.3) is 5.91 Å². The predicted molar refractivity (Wildman–Crippen MR) is 103 cm³/mol. The van der Waals surface area contributed by atoms with Crippen LogP contribution >= 0.6 is 21.1 Å². The van der Waals surface area contributed by atoms with Gasteiger partial charge in [-0.3, -0.25) is 4.79 Å². The van der Waals surface area contributed by atoms with Gasteiger partial charge in [0.2, 0.25) is 0 Å². The number of halogens is 4. The summed E-state index contributed by atoms with van der Waals surface area (Å²) < 4.78 is 46.7. The molecule has 0 aliphatic heterocycles. The number of hydrogen-bond acceptors (Lipinski definition) is 3. The lowest BCUT2D eigenvalue weighted by molar-refractivity contribution is -0.143. The van der Waals surface area contributed by atoms with Crippen molar-refractivity contribution in [3.8, 4) is 11.4 Å². The molecule has 1 heterocycles. The molecule has 0 fully saturated rings. The normalized spacial score (nSPS) is 11.4. The van der Waals surface area contributed by atoms with Gasteiger partial charge in [0.1, 0.15) is 5.75 Å². The van der Waals surface area contributed by atoms with Gasteiger partial charge in [-0.05, 0) is 55.0 Å². The molecule has 1 unspecified atom stereocenters. The summed E-state index contributed by atoms with van der Waals surface area (Å²) in [5, 5.41) is 6.57. The highest BCUT2D eigenvalue weighted by Crippen LogP contribution is 2.34. The first kappa shape index (κ1) is 20.2. The molecule has 1 aromatic heterocycles. The Bertz CT molecular complexity index is 1000.